The number of amides is 1. The standard InChI is InChI=1S/C17H33N5O3/c1-2-25-17(24)22-12-4-14(5-13-22)20-16(18)19-8-3-9-21-10-6-15(23)7-11-21/h14-15,23H,2-13H2,1H3,(H3,18,19,20). The fourth-order valence-electron chi connectivity index (χ4n) is 3.31. The molecule has 1 amide bonds. The van der Waals surface area contributed by atoms with E-state index in [-0.39, 0.29) is 18.2 Å². The Bertz CT molecular complexity index is 430. The van der Waals surface area contributed by atoms with Crippen LogP contribution in [0.15, 0.2) is 4.99 Å². The average molecular weight is 355 g/mol. The Balaban J connectivity index is 1.58. The summed E-state index contributed by atoms with van der Waals surface area (Å²) in [6.07, 6.45) is 4.07. The SMILES string of the molecule is CCOC(=O)N1CCC(NC(N)=NCCCN2CCC(O)CC2)CC1. The lowest BCUT2D eigenvalue weighted by Gasteiger charge is -2.31. The van der Waals surface area contributed by atoms with E-state index in [1.807, 2.05) is 6.92 Å². The largest absolute Gasteiger partial charge is 0.450 e. The molecule has 25 heavy (non-hydrogen) atoms. The average Bonchev–Trinajstić information content (AvgIpc) is 2.61. The van der Waals surface area contributed by atoms with Crippen LogP contribution >= 0.6 is 0 Å². The Morgan fingerprint density at radius 2 is 1.92 bits per heavy atom. The van der Waals surface area contributed by atoms with E-state index in [1.54, 1.807) is 4.90 Å². The first-order chi connectivity index (χ1) is 12.1. The smallest absolute Gasteiger partial charge is 0.409 e. The molecule has 2 saturated heterocycles. The minimum Gasteiger partial charge on any atom is -0.450 e. The number of guanidine groups is 1. The zero-order chi connectivity index (χ0) is 18.1. The zero-order valence-corrected chi connectivity index (χ0v) is 15.3. The normalized spacial score (nSPS) is 21.4. The second-order valence-corrected chi connectivity index (χ2v) is 6.80. The Hall–Kier alpha value is -1.54. The van der Waals surface area contributed by atoms with E-state index in [4.69, 9.17) is 10.5 Å². The molecule has 0 aromatic carbocycles. The predicted molar refractivity (Wildman–Crippen MR) is 97.5 cm³/mol. The number of piperidine rings is 2. The van der Waals surface area contributed by atoms with Gasteiger partial charge in [0.25, 0.3) is 0 Å². The fraction of sp³-hybridized carbons (Fsp3) is 0.882. The lowest BCUT2D eigenvalue weighted by atomic mass is 10.1. The summed E-state index contributed by atoms with van der Waals surface area (Å²) in [5, 5.41) is 12.8. The molecule has 0 bridgehead atoms. The number of aliphatic hydroxyl groups excluding tert-OH is 1. The number of nitrogens with one attached hydrogen (secondary N) is 1. The van der Waals surface area contributed by atoms with Gasteiger partial charge in [0.1, 0.15) is 0 Å². The van der Waals surface area contributed by atoms with Crippen LogP contribution in [0, 0.1) is 0 Å². The first-order valence-corrected chi connectivity index (χ1v) is 9.47. The van der Waals surface area contributed by atoms with Crippen molar-refractivity contribution >= 4 is 12.1 Å². The maximum atomic E-state index is 11.7. The molecule has 0 unspecified atom stereocenters. The van der Waals surface area contributed by atoms with Gasteiger partial charge in [-0.05, 0) is 45.6 Å². The summed E-state index contributed by atoms with van der Waals surface area (Å²) < 4.78 is 5.02. The van der Waals surface area contributed by atoms with Crippen molar-refractivity contribution in [2.24, 2.45) is 10.7 Å². The minimum atomic E-state index is -0.229. The van der Waals surface area contributed by atoms with Crippen molar-refractivity contribution in [1.29, 1.82) is 0 Å². The summed E-state index contributed by atoms with van der Waals surface area (Å²) in [4.78, 5) is 20.2. The van der Waals surface area contributed by atoms with Gasteiger partial charge in [-0.2, -0.15) is 0 Å². The number of likely N-dealkylation sites (tertiary alicyclic amines) is 2. The molecule has 2 aliphatic rings. The summed E-state index contributed by atoms with van der Waals surface area (Å²) in [7, 11) is 0. The number of hydrogen-bond donors (Lipinski definition) is 3. The first-order valence-electron chi connectivity index (χ1n) is 9.47. The molecule has 0 aliphatic carbocycles. The van der Waals surface area contributed by atoms with Crippen molar-refractivity contribution in [3.05, 3.63) is 0 Å². The number of rotatable bonds is 6. The van der Waals surface area contributed by atoms with E-state index >= 15 is 0 Å². The van der Waals surface area contributed by atoms with Gasteiger partial charge in [-0.25, -0.2) is 4.79 Å². The molecule has 2 rings (SSSR count). The van der Waals surface area contributed by atoms with Gasteiger partial charge in [-0.3, -0.25) is 4.99 Å². The summed E-state index contributed by atoms with van der Waals surface area (Å²) in [6.45, 7) is 7.25. The van der Waals surface area contributed by atoms with Crippen molar-refractivity contribution in [2.45, 2.75) is 51.2 Å². The maximum absolute atomic E-state index is 11.7. The highest BCUT2D eigenvalue weighted by molar-refractivity contribution is 5.78. The highest BCUT2D eigenvalue weighted by Gasteiger charge is 2.23. The van der Waals surface area contributed by atoms with Crippen molar-refractivity contribution in [1.82, 2.24) is 15.1 Å². The Morgan fingerprint density at radius 1 is 1.24 bits per heavy atom. The van der Waals surface area contributed by atoms with Gasteiger partial charge < -0.3 is 30.7 Å². The van der Waals surface area contributed by atoms with Crippen molar-refractivity contribution < 1.29 is 14.6 Å². The zero-order valence-electron chi connectivity index (χ0n) is 15.3. The van der Waals surface area contributed by atoms with E-state index in [9.17, 15) is 9.90 Å². The molecule has 2 aliphatic heterocycles. The molecular formula is C17H33N5O3. The van der Waals surface area contributed by atoms with E-state index < -0.39 is 0 Å². The van der Waals surface area contributed by atoms with E-state index in [0.717, 1.165) is 51.7 Å². The molecule has 2 fully saturated rings. The predicted octanol–water partition coefficient (Wildman–Crippen LogP) is 0.358. The first kappa shape index (κ1) is 19.8. The molecule has 4 N–H and O–H groups in total. The molecular weight excluding hydrogens is 322 g/mol. The number of ether oxygens (including phenoxy) is 1. The van der Waals surface area contributed by atoms with E-state index in [2.05, 4.69) is 15.2 Å². The van der Waals surface area contributed by atoms with Crippen LogP contribution in [0.25, 0.3) is 0 Å². The number of nitrogens with two attached hydrogens (primary N) is 1. The highest BCUT2D eigenvalue weighted by Crippen LogP contribution is 2.12. The maximum Gasteiger partial charge on any atom is 0.409 e. The van der Waals surface area contributed by atoms with Crippen LogP contribution in [0.4, 0.5) is 4.79 Å². The van der Waals surface area contributed by atoms with Gasteiger partial charge >= 0.3 is 6.09 Å². The summed E-state index contributed by atoms with van der Waals surface area (Å²) in [5.41, 5.74) is 5.97. The van der Waals surface area contributed by atoms with Crippen LogP contribution in [0.1, 0.15) is 39.0 Å². The molecule has 2 heterocycles. The van der Waals surface area contributed by atoms with Crippen LogP contribution in [-0.2, 0) is 4.74 Å². The summed E-state index contributed by atoms with van der Waals surface area (Å²) >= 11 is 0. The number of nitrogens with zero attached hydrogens (tertiary/aromatic N) is 3. The second-order valence-electron chi connectivity index (χ2n) is 6.80. The van der Waals surface area contributed by atoms with Crippen LogP contribution in [0.5, 0.6) is 0 Å². The Labute approximate surface area is 150 Å². The topological polar surface area (TPSA) is 103 Å². The number of carbonyl (C=O) groups excluding carboxylic acids is 1. The molecule has 8 heteroatoms. The van der Waals surface area contributed by atoms with Gasteiger partial charge in [0.2, 0.25) is 0 Å². The molecule has 144 valence electrons. The third-order valence-corrected chi connectivity index (χ3v) is 4.84. The highest BCUT2D eigenvalue weighted by atomic mass is 16.6. The van der Waals surface area contributed by atoms with Gasteiger partial charge in [0.15, 0.2) is 5.96 Å². The number of aliphatic hydroxyl groups is 1. The van der Waals surface area contributed by atoms with E-state index in [0.29, 0.717) is 32.2 Å². The van der Waals surface area contributed by atoms with Crippen LogP contribution in [0.2, 0.25) is 0 Å². The summed E-state index contributed by atoms with van der Waals surface area (Å²) in [5.74, 6) is 0.489. The van der Waals surface area contributed by atoms with Crippen LogP contribution in [0.3, 0.4) is 0 Å². The molecule has 0 atom stereocenters. The second kappa shape index (κ2) is 10.5. The van der Waals surface area contributed by atoms with Crippen molar-refractivity contribution in [3.63, 3.8) is 0 Å². The molecule has 0 radical (unpaired) electrons. The number of hydrogen-bond acceptors (Lipinski definition) is 5. The Morgan fingerprint density at radius 3 is 2.56 bits per heavy atom. The Kier molecular flexibility index (Phi) is 8.27. The molecule has 0 saturated carbocycles. The van der Waals surface area contributed by atoms with Crippen molar-refractivity contribution in [3.8, 4) is 0 Å². The number of carbonyl (C=O) groups is 1. The van der Waals surface area contributed by atoms with Crippen LogP contribution < -0.4 is 11.1 Å². The summed E-state index contributed by atoms with van der Waals surface area (Å²) in [6, 6.07) is 0.262. The lowest BCUT2D eigenvalue weighted by molar-refractivity contribution is 0.0824. The monoisotopic (exact) mass is 355 g/mol. The van der Waals surface area contributed by atoms with Gasteiger partial charge in [-0.1, -0.05) is 0 Å². The third-order valence-electron chi connectivity index (χ3n) is 4.84. The van der Waals surface area contributed by atoms with Crippen molar-refractivity contribution in [2.75, 3.05) is 45.9 Å². The molecule has 0 aromatic rings. The van der Waals surface area contributed by atoms with Gasteiger partial charge in [0, 0.05) is 38.8 Å². The van der Waals surface area contributed by atoms with Gasteiger partial charge in [-0.15, -0.1) is 0 Å². The van der Waals surface area contributed by atoms with Gasteiger partial charge in [0.05, 0.1) is 12.7 Å². The third kappa shape index (κ3) is 7.07. The van der Waals surface area contributed by atoms with Crippen LogP contribution in [-0.4, -0.2) is 85.0 Å². The van der Waals surface area contributed by atoms with E-state index in [1.165, 1.54) is 0 Å². The molecule has 8 nitrogen and oxygen atoms in total. The fourth-order valence-corrected chi connectivity index (χ4v) is 3.31. The molecule has 0 spiro atoms. The minimum absolute atomic E-state index is 0.121. The lowest BCUT2D eigenvalue weighted by Crippen LogP contribution is -2.48. The quantitative estimate of drug-likeness (QED) is 0.361. The number of aliphatic imine (C=N–C) groups is 1. The molecule has 0 aromatic heterocycles.